The van der Waals surface area contributed by atoms with Crippen LogP contribution in [0.25, 0.3) is 6.08 Å². The van der Waals surface area contributed by atoms with E-state index in [-0.39, 0.29) is 11.4 Å². The number of rotatable bonds is 6. The van der Waals surface area contributed by atoms with Gasteiger partial charge in [0.25, 0.3) is 11.4 Å². The van der Waals surface area contributed by atoms with E-state index >= 15 is 0 Å². The number of carbonyl (C=O) groups excluding carboxylic acids is 1. The summed E-state index contributed by atoms with van der Waals surface area (Å²) in [5.74, 6) is -0.499. The second-order valence-corrected chi connectivity index (χ2v) is 6.37. The van der Waals surface area contributed by atoms with Crippen molar-refractivity contribution in [3.63, 3.8) is 0 Å². The normalized spacial score (nSPS) is 14.0. The van der Waals surface area contributed by atoms with Gasteiger partial charge in [0.1, 0.15) is 5.69 Å². The first-order chi connectivity index (χ1) is 13.9. The average Bonchev–Trinajstić information content (AvgIpc) is 2.73. The number of carbonyl (C=O) groups is 1. The van der Waals surface area contributed by atoms with Crippen LogP contribution in [-0.4, -0.2) is 41.9 Å². The first-order valence-corrected chi connectivity index (χ1v) is 8.91. The highest BCUT2D eigenvalue weighted by atomic mass is 16.6. The van der Waals surface area contributed by atoms with E-state index < -0.39 is 15.8 Å². The van der Waals surface area contributed by atoms with E-state index in [1.807, 2.05) is 4.90 Å². The molecule has 1 amide bonds. The number of amides is 1. The predicted molar refractivity (Wildman–Crippen MR) is 109 cm³/mol. The standard InChI is InChI=1S/C19H19N5O5/c25-19(7-4-14-2-1-3-16(12-14)23(26)27)21-15-5-6-17(18(13-15)24(28)29)22-10-8-20-9-11-22/h1-7,12-13,20H,8-11H2,(H,21,25)/b7-4+. The molecule has 0 aromatic heterocycles. The van der Waals surface area contributed by atoms with E-state index in [9.17, 15) is 25.0 Å². The first kappa shape index (κ1) is 20.0. The van der Waals surface area contributed by atoms with E-state index in [1.165, 1.54) is 36.4 Å². The number of nitrogens with one attached hydrogen (secondary N) is 2. The monoisotopic (exact) mass is 397 g/mol. The highest BCUT2D eigenvalue weighted by Crippen LogP contribution is 2.31. The number of nitrogens with zero attached hydrogens (tertiary/aromatic N) is 3. The minimum absolute atomic E-state index is 0.0765. The molecule has 3 rings (SSSR count). The van der Waals surface area contributed by atoms with Crippen LogP contribution in [0.3, 0.4) is 0 Å². The maximum atomic E-state index is 12.2. The molecule has 0 bridgehead atoms. The van der Waals surface area contributed by atoms with E-state index in [2.05, 4.69) is 10.6 Å². The minimum Gasteiger partial charge on any atom is -0.363 e. The quantitative estimate of drug-likeness (QED) is 0.435. The summed E-state index contributed by atoms with van der Waals surface area (Å²) in [6, 6.07) is 10.4. The highest BCUT2D eigenvalue weighted by Gasteiger charge is 2.21. The number of anilines is 2. The van der Waals surface area contributed by atoms with Crippen LogP contribution in [-0.2, 0) is 4.79 Å². The van der Waals surface area contributed by atoms with Gasteiger partial charge in [-0.1, -0.05) is 12.1 Å². The Morgan fingerprint density at radius 1 is 1.07 bits per heavy atom. The van der Waals surface area contributed by atoms with Crippen LogP contribution in [0, 0.1) is 20.2 Å². The summed E-state index contributed by atoms with van der Waals surface area (Å²) in [6.45, 7) is 2.83. The van der Waals surface area contributed by atoms with Crippen molar-refractivity contribution in [2.24, 2.45) is 0 Å². The molecule has 0 spiro atoms. The Balaban J connectivity index is 1.73. The van der Waals surface area contributed by atoms with Gasteiger partial charge in [-0.2, -0.15) is 0 Å². The van der Waals surface area contributed by atoms with Crippen LogP contribution in [0.5, 0.6) is 0 Å². The predicted octanol–water partition coefficient (Wildman–Crippen LogP) is 2.56. The smallest absolute Gasteiger partial charge is 0.294 e. The lowest BCUT2D eigenvalue weighted by molar-refractivity contribution is -0.384. The number of benzene rings is 2. The zero-order chi connectivity index (χ0) is 20.8. The van der Waals surface area contributed by atoms with Gasteiger partial charge in [0.05, 0.1) is 9.85 Å². The van der Waals surface area contributed by atoms with Crippen LogP contribution < -0.4 is 15.5 Å². The molecule has 0 aliphatic carbocycles. The molecule has 1 aliphatic rings. The van der Waals surface area contributed by atoms with Gasteiger partial charge in [-0.3, -0.25) is 25.0 Å². The number of nitro benzene ring substituents is 2. The Morgan fingerprint density at radius 3 is 2.52 bits per heavy atom. The van der Waals surface area contributed by atoms with E-state index in [4.69, 9.17) is 0 Å². The Labute approximate surface area is 166 Å². The number of piperazine rings is 1. The molecule has 10 heteroatoms. The van der Waals surface area contributed by atoms with Crippen LogP contribution >= 0.6 is 0 Å². The Bertz CT molecular complexity index is 969. The molecule has 0 radical (unpaired) electrons. The Hall–Kier alpha value is -3.79. The van der Waals surface area contributed by atoms with Crippen molar-refractivity contribution >= 4 is 34.7 Å². The van der Waals surface area contributed by atoms with Crippen molar-refractivity contribution < 1.29 is 14.6 Å². The van der Waals surface area contributed by atoms with Crippen molar-refractivity contribution in [2.75, 3.05) is 36.4 Å². The number of non-ortho nitro benzene ring substituents is 1. The summed E-state index contributed by atoms with van der Waals surface area (Å²) in [7, 11) is 0. The fourth-order valence-corrected chi connectivity index (χ4v) is 3.02. The maximum Gasteiger partial charge on any atom is 0.294 e. The molecule has 1 fully saturated rings. The van der Waals surface area contributed by atoms with Gasteiger partial charge in [0, 0.05) is 56.1 Å². The van der Waals surface area contributed by atoms with Crippen LogP contribution in [0.15, 0.2) is 48.5 Å². The van der Waals surface area contributed by atoms with Crippen molar-refractivity contribution in [1.29, 1.82) is 0 Å². The fourth-order valence-electron chi connectivity index (χ4n) is 3.02. The lowest BCUT2D eigenvalue weighted by Crippen LogP contribution is -2.43. The molecule has 1 heterocycles. The van der Waals surface area contributed by atoms with Gasteiger partial charge >= 0.3 is 0 Å². The summed E-state index contributed by atoms with van der Waals surface area (Å²) in [4.78, 5) is 35.4. The third-order valence-electron chi connectivity index (χ3n) is 4.41. The highest BCUT2D eigenvalue weighted by molar-refractivity contribution is 6.02. The topological polar surface area (TPSA) is 131 Å². The lowest BCUT2D eigenvalue weighted by atomic mass is 10.2. The van der Waals surface area contributed by atoms with Crippen LogP contribution in [0.1, 0.15) is 5.56 Å². The molecule has 0 atom stereocenters. The van der Waals surface area contributed by atoms with Crippen molar-refractivity contribution in [1.82, 2.24) is 5.32 Å². The van der Waals surface area contributed by atoms with Gasteiger partial charge in [-0.15, -0.1) is 0 Å². The summed E-state index contributed by atoms with van der Waals surface area (Å²) in [5.41, 5.74) is 1.15. The zero-order valence-corrected chi connectivity index (χ0v) is 15.4. The van der Waals surface area contributed by atoms with Gasteiger partial charge in [-0.25, -0.2) is 0 Å². The van der Waals surface area contributed by atoms with E-state index in [0.29, 0.717) is 30.0 Å². The van der Waals surface area contributed by atoms with Crippen LogP contribution in [0.2, 0.25) is 0 Å². The molecule has 1 saturated heterocycles. The maximum absolute atomic E-state index is 12.2. The molecule has 2 aromatic rings. The molecule has 29 heavy (non-hydrogen) atoms. The molecule has 150 valence electrons. The van der Waals surface area contributed by atoms with Crippen LogP contribution in [0.4, 0.5) is 22.7 Å². The average molecular weight is 397 g/mol. The molecule has 2 aromatic carbocycles. The van der Waals surface area contributed by atoms with E-state index in [0.717, 1.165) is 13.1 Å². The molecule has 2 N–H and O–H groups in total. The minimum atomic E-state index is -0.517. The van der Waals surface area contributed by atoms with Crippen molar-refractivity contribution in [3.8, 4) is 0 Å². The second-order valence-electron chi connectivity index (χ2n) is 6.37. The van der Waals surface area contributed by atoms with Crippen molar-refractivity contribution in [3.05, 3.63) is 74.3 Å². The molecule has 10 nitrogen and oxygen atoms in total. The van der Waals surface area contributed by atoms with Gasteiger partial charge in [0.2, 0.25) is 5.91 Å². The first-order valence-electron chi connectivity index (χ1n) is 8.91. The van der Waals surface area contributed by atoms with Crippen molar-refractivity contribution in [2.45, 2.75) is 0 Å². The Kier molecular flexibility index (Phi) is 6.15. The molecular formula is C19H19N5O5. The SMILES string of the molecule is O=C(/C=C/c1cccc([N+](=O)[O-])c1)Nc1ccc(N2CCNCC2)c([N+](=O)[O-])c1. The van der Waals surface area contributed by atoms with E-state index in [1.54, 1.807) is 18.2 Å². The van der Waals surface area contributed by atoms with Gasteiger partial charge < -0.3 is 15.5 Å². The number of nitro groups is 2. The summed E-state index contributed by atoms with van der Waals surface area (Å²) >= 11 is 0. The molecule has 1 aliphatic heterocycles. The zero-order valence-electron chi connectivity index (χ0n) is 15.4. The molecule has 0 unspecified atom stereocenters. The summed E-state index contributed by atoms with van der Waals surface area (Å²) < 4.78 is 0. The molecular weight excluding hydrogens is 378 g/mol. The Morgan fingerprint density at radius 2 is 1.83 bits per heavy atom. The molecule has 0 saturated carbocycles. The number of hydrogen-bond acceptors (Lipinski definition) is 7. The van der Waals surface area contributed by atoms with Gasteiger partial charge in [0.15, 0.2) is 0 Å². The summed E-state index contributed by atoms with van der Waals surface area (Å²) in [6.07, 6.45) is 2.65. The van der Waals surface area contributed by atoms with Gasteiger partial charge in [-0.05, 0) is 23.8 Å². The largest absolute Gasteiger partial charge is 0.363 e. The number of hydrogen-bond donors (Lipinski definition) is 2. The summed E-state index contributed by atoms with van der Waals surface area (Å²) in [5, 5.41) is 28.1. The lowest BCUT2D eigenvalue weighted by Gasteiger charge is -2.29. The fraction of sp³-hybridized carbons (Fsp3) is 0.211. The third kappa shape index (κ3) is 5.14. The third-order valence-corrected chi connectivity index (χ3v) is 4.41. The second kappa shape index (κ2) is 8.93.